The summed E-state index contributed by atoms with van der Waals surface area (Å²) in [5.41, 5.74) is -0.447. The van der Waals surface area contributed by atoms with Crippen LogP contribution in [0.3, 0.4) is 0 Å². The topological polar surface area (TPSA) is 52.9 Å². The van der Waals surface area contributed by atoms with Crippen LogP contribution in [-0.4, -0.2) is 12.5 Å². The van der Waals surface area contributed by atoms with Crippen molar-refractivity contribution in [3.05, 3.63) is 0 Å². The quantitative estimate of drug-likeness (QED) is 0.495. The van der Waals surface area contributed by atoms with Crippen LogP contribution < -0.4 is 5.32 Å². The molecule has 1 aliphatic heterocycles. The summed E-state index contributed by atoms with van der Waals surface area (Å²) in [6.45, 7) is 2.28. The first kappa shape index (κ1) is 6.09. The van der Waals surface area contributed by atoms with Crippen LogP contribution in [0.1, 0.15) is 13.3 Å². The Labute approximate surface area is 53.7 Å². The first-order valence-electron chi connectivity index (χ1n) is 2.84. The third-order valence-corrected chi connectivity index (χ3v) is 1.50. The lowest BCUT2D eigenvalue weighted by molar-refractivity contribution is -0.119. The van der Waals surface area contributed by atoms with Crippen molar-refractivity contribution in [3.63, 3.8) is 0 Å². The van der Waals surface area contributed by atoms with Gasteiger partial charge in [0.2, 0.25) is 5.91 Å². The van der Waals surface area contributed by atoms with Gasteiger partial charge in [0, 0.05) is 13.0 Å². The molecule has 0 aromatic rings. The van der Waals surface area contributed by atoms with Gasteiger partial charge in [0.25, 0.3) is 0 Å². The van der Waals surface area contributed by atoms with Crippen molar-refractivity contribution in [3.8, 4) is 6.07 Å². The Bertz CT molecular complexity index is 182. The molecule has 1 aliphatic rings. The molecule has 0 bridgehead atoms. The predicted octanol–water partition coefficient (Wildman–Crippen LogP) is 0.0362. The molecule has 1 atom stereocenters. The molecule has 0 saturated carbocycles. The molecule has 1 saturated heterocycles. The highest BCUT2D eigenvalue weighted by atomic mass is 16.1. The smallest absolute Gasteiger partial charge is 0.221 e. The molecule has 48 valence electrons. The van der Waals surface area contributed by atoms with Gasteiger partial charge in [-0.3, -0.25) is 4.79 Å². The van der Waals surface area contributed by atoms with Crippen LogP contribution in [0, 0.1) is 16.7 Å². The Balaban J connectivity index is 2.68. The summed E-state index contributed by atoms with van der Waals surface area (Å²) in [5.74, 6) is -0.0148. The van der Waals surface area contributed by atoms with Crippen molar-refractivity contribution < 1.29 is 4.79 Å². The number of hydrogen-bond acceptors (Lipinski definition) is 2. The van der Waals surface area contributed by atoms with E-state index in [4.69, 9.17) is 5.26 Å². The summed E-state index contributed by atoms with van der Waals surface area (Å²) in [6.07, 6.45) is 0.351. The number of nitriles is 1. The zero-order valence-corrected chi connectivity index (χ0v) is 5.27. The lowest BCUT2D eigenvalue weighted by atomic mass is 9.92. The van der Waals surface area contributed by atoms with Crippen molar-refractivity contribution in [1.82, 2.24) is 5.32 Å². The van der Waals surface area contributed by atoms with E-state index < -0.39 is 5.41 Å². The SMILES string of the molecule is CC1(C#N)CNC(=O)C1. The van der Waals surface area contributed by atoms with Gasteiger partial charge < -0.3 is 5.32 Å². The molecule has 1 fully saturated rings. The largest absolute Gasteiger partial charge is 0.354 e. The highest BCUT2D eigenvalue weighted by Crippen LogP contribution is 2.23. The molecule has 0 aliphatic carbocycles. The minimum Gasteiger partial charge on any atom is -0.354 e. The Hall–Kier alpha value is -1.04. The summed E-state index contributed by atoms with van der Waals surface area (Å²) < 4.78 is 0. The number of rotatable bonds is 0. The first-order valence-corrected chi connectivity index (χ1v) is 2.84. The Kier molecular flexibility index (Phi) is 1.17. The number of carbonyl (C=O) groups is 1. The maximum Gasteiger partial charge on any atom is 0.221 e. The second-order valence-electron chi connectivity index (χ2n) is 2.63. The van der Waals surface area contributed by atoms with E-state index in [0.29, 0.717) is 13.0 Å². The number of amides is 1. The maximum atomic E-state index is 10.6. The van der Waals surface area contributed by atoms with Crippen LogP contribution in [0.5, 0.6) is 0 Å². The zero-order chi connectivity index (χ0) is 6.91. The Morgan fingerprint density at radius 1 is 1.89 bits per heavy atom. The van der Waals surface area contributed by atoms with Crippen molar-refractivity contribution in [1.29, 1.82) is 5.26 Å². The summed E-state index contributed by atoms with van der Waals surface area (Å²) in [7, 11) is 0. The van der Waals surface area contributed by atoms with E-state index >= 15 is 0 Å². The molecule has 0 spiro atoms. The van der Waals surface area contributed by atoms with Gasteiger partial charge in [-0.15, -0.1) is 0 Å². The minimum absolute atomic E-state index is 0.0148. The molecule has 0 aromatic heterocycles. The van der Waals surface area contributed by atoms with Gasteiger partial charge in [-0.05, 0) is 6.92 Å². The third kappa shape index (κ3) is 1.02. The highest BCUT2D eigenvalue weighted by Gasteiger charge is 2.33. The standard InChI is InChI=1S/C6H8N2O/c1-6(3-7)2-5(9)8-4-6/h2,4H2,1H3,(H,8,9). The number of hydrogen-bond donors (Lipinski definition) is 1. The zero-order valence-electron chi connectivity index (χ0n) is 5.27. The summed E-state index contributed by atoms with van der Waals surface area (Å²) in [4.78, 5) is 10.6. The van der Waals surface area contributed by atoms with E-state index in [-0.39, 0.29) is 5.91 Å². The van der Waals surface area contributed by atoms with Crippen LogP contribution in [0.4, 0.5) is 0 Å². The van der Waals surface area contributed by atoms with Gasteiger partial charge in [-0.25, -0.2) is 0 Å². The number of nitrogens with one attached hydrogen (secondary N) is 1. The average molecular weight is 124 g/mol. The highest BCUT2D eigenvalue weighted by molar-refractivity contribution is 5.79. The lowest BCUT2D eigenvalue weighted by Gasteiger charge is -2.07. The predicted molar refractivity (Wildman–Crippen MR) is 31.3 cm³/mol. The van der Waals surface area contributed by atoms with Crippen molar-refractivity contribution >= 4 is 5.91 Å². The molecule has 9 heavy (non-hydrogen) atoms. The average Bonchev–Trinajstić information content (AvgIpc) is 2.13. The second kappa shape index (κ2) is 1.73. The van der Waals surface area contributed by atoms with Gasteiger partial charge in [-0.1, -0.05) is 0 Å². The monoisotopic (exact) mass is 124 g/mol. The summed E-state index contributed by atoms with van der Waals surface area (Å²) in [5, 5.41) is 11.1. The van der Waals surface area contributed by atoms with E-state index in [1.165, 1.54) is 0 Å². The van der Waals surface area contributed by atoms with Crippen LogP contribution >= 0.6 is 0 Å². The molecule has 1 N–H and O–H groups in total. The Morgan fingerprint density at radius 3 is 2.78 bits per heavy atom. The van der Waals surface area contributed by atoms with E-state index in [9.17, 15) is 4.79 Å². The van der Waals surface area contributed by atoms with Crippen molar-refractivity contribution in [2.75, 3.05) is 6.54 Å². The molecule has 3 nitrogen and oxygen atoms in total. The Morgan fingerprint density at radius 2 is 2.56 bits per heavy atom. The van der Waals surface area contributed by atoms with E-state index in [0.717, 1.165) is 0 Å². The van der Waals surface area contributed by atoms with Crippen LogP contribution in [0.2, 0.25) is 0 Å². The van der Waals surface area contributed by atoms with E-state index in [1.54, 1.807) is 6.92 Å². The maximum absolute atomic E-state index is 10.6. The fourth-order valence-corrected chi connectivity index (χ4v) is 0.852. The van der Waals surface area contributed by atoms with Gasteiger partial charge >= 0.3 is 0 Å². The number of carbonyl (C=O) groups excluding carboxylic acids is 1. The molecule has 1 heterocycles. The molecule has 1 amide bonds. The fraction of sp³-hybridized carbons (Fsp3) is 0.667. The molecule has 0 aromatic carbocycles. The van der Waals surface area contributed by atoms with E-state index in [2.05, 4.69) is 11.4 Å². The lowest BCUT2D eigenvalue weighted by Crippen LogP contribution is -2.18. The van der Waals surface area contributed by atoms with Crippen molar-refractivity contribution in [2.24, 2.45) is 5.41 Å². The van der Waals surface area contributed by atoms with Gasteiger partial charge in [-0.2, -0.15) is 5.26 Å². The molecule has 3 heteroatoms. The van der Waals surface area contributed by atoms with Crippen LogP contribution in [0.25, 0.3) is 0 Å². The van der Waals surface area contributed by atoms with Gasteiger partial charge in [0.1, 0.15) is 0 Å². The third-order valence-electron chi connectivity index (χ3n) is 1.50. The van der Waals surface area contributed by atoms with Crippen LogP contribution in [-0.2, 0) is 4.79 Å². The number of nitrogens with zero attached hydrogens (tertiary/aromatic N) is 1. The van der Waals surface area contributed by atoms with Crippen LogP contribution in [0.15, 0.2) is 0 Å². The molecular formula is C6H8N2O. The first-order chi connectivity index (χ1) is 4.16. The fourth-order valence-electron chi connectivity index (χ4n) is 0.852. The minimum atomic E-state index is -0.447. The van der Waals surface area contributed by atoms with E-state index in [1.807, 2.05) is 0 Å². The summed E-state index contributed by atoms with van der Waals surface area (Å²) >= 11 is 0. The molecule has 1 unspecified atom stereocenters. The van der Waals surface area contributed by atoms with Gasteiger partial charge in [0.15, 0.2) is 0 Å². The molecule has 1 rings (SSSR count). The van der Waals surface area contributed by atoms with Gasteiger partial charge in [0.05, 0.1) is 11.5 Å². The second-order valence-corrected chi connectivity index (χ2v) is 2.63. The molecule has 0 radical (unpaired) electrons. The normalized spacial score (nSPS) is 33.6. The van der Waals surface area contributed by atoms with Crippen molar-refractivity contribution in [2.45, 2.75) is 13.3 Å². The molecular weight excluding hydrogens is 116 g/mol. The summed E-state index contributed by atoms with van der Waals surface area (Å²) in [6, 6.07) is 2.09.